The first-order valence-electron chi connectivity index (χ1n) is 4.41. The Kier molecular flexibility index (Phi) is 3.65. The van der Waals surface area contributed by atoms with Crippen molar-refractivity contribution >= 4 is 5.91 Å². The van der Waals surface area contributed by atoms with Crippen LogP contribution < -0.4 is 10.8 Å². The Morgan fingerprint density at radius 1 is 1.62 bits per heavy atom. The van der Waals surface area contributed by atoms with Gasteiger partial charge in [0, 0.05) is 13.1 Å². The minimum atomic E-state index is -0.241. The van der Waals surface area contributed by atoms with Gasteiger partial charge in [0.25, 0.3) is 5.91 Å². The summed E-state index contributed by atoms with van der Waals surface area (Å²) in [6.45, 7) is 5.89. The van der Waals surface area contributed by atoms with E-state index in [4.69, 9.17) is 9.57 Å². The van der Waals surface area contributed by atoms with Gasteiger partial charge in [-0.3, -0.25) is 9.63 Å². The quantitative estimate of drug-likeness (QED) is 0.567. The molecule has 5 heteroatoms. The van der Waals surface area contributed by atoms with Gasteiger partial charge in [0.2, 0.25) is 0 Å². The fourth-order valence-electron chi connectivity index (χ4n) is 1.00. The molecule has 1 aliphatic heterocycles. The van der Waals surface area contributed by atoms with E-state index in [1.165, 1.54) is 0 Å². The number of amides is 1. The topological polar surface area (TPSA) is 59.6 Å². The molecular weight excluding hydrogens is 172 g/mol. The monoisotopic (exact) mass is 188 g/mol. The van der Waals surface area contributed by atoms with Crippen LogP contribution in [-0.4, -0.2) is 37.8 Å². The number of ether oxygens (including phenoxy) is 1. The minimum absolute atomic E-state index is 0.0537. The number of hydrogen-bond acceptors (Lipinski definition) is 4. The number of hydrogen-bond donors (Lipinski definition) is 2. The highest BCUT2D eigenvalue weighted by molar-refractivity contribution is 5.76. The van der Waals surface area contributed by atoms with Crippen LogP contribution in [0.15, 0.2) is 0 Å². The molecule has 1 saturated heterocycles. The van der Waals surface area contributed by atoms with Crippen molar-refractivity contribution in [1.82, 2.24) is 10.8 Å². The molecule has 1 aliphatic rings. The number of nitrogens with one attached hydrogen (secondary N) is 2. The predicted molar refractivity (Wildman–Crippen MR) is 47.0 cm³/mol. The molecule has 76 valence electrons. The first kappa shape index (κ1) is 10.4. The van der Waals surface area contributed by atoms with Crippen LogP contribution in [0.4, 0.5) is 0 Å². The molecule has 0 unspecified atom stereocenters. The van der Waals surface area contributed by atoms with Crippen LogP contribution in [0.1, 0.15) is 13.8 Å². The summed E-state index contributed by atoms with van der Waals surface area (Å²) in [5.74, 6) is -0.241. The van der Waals surface area contributed by atoms with Crippen LogP contribution in [0, 0.1) is 0 Å². The van der Waals surface area contributed by atoms with Crippen LogP contribution in [0.25, 0.3) is 0 Å². The normalized spacial score (nSPS) is 19.2. The van der Waals surface area contributed by atoms with Crippen LogP contribution in [0.5, 0.6) is 0 Å². The van der Waals surface area contributed by atoms with E-state index in [0.717, 1.165) is 13.1 Å². The molecule has 0 aromatic carbocycles. The third-order valence-electron chi connectivity index (χ3n) is 1.88. The second-order valence-electron chi connectivity index (χ2n) is 3.30. The molecule has 0 aromatic rings. The fourth-order valence-corrected chi connectivity index (χ4v) is 1.00. The van der Waals surface area contributed by atoms with Crippen molar-refractivity contribution in [3.8, 4) is 0 Å². The first-order chi connectivity index (χ1) is 6.16. The van der Waals surface area contributed by atoms with Crippen LogP contribution in [0.2, 0.25) is 0 Å². The summed E-state index contributed by atoms with van der Waals surface area (Å²) in [7, 11) is 0. The Hall–Kier alpha value is -0.650. The molecule has 2 N–H and O–H groups in total. The van der Waals surface area contributed by atoms with Crippen LogP contribution in [0.3, 0.4) is 0 Å². The van der Waals surface area contributed by atoms with Gasteiger partial charge in [0.05, 0.1) is 12.2 Å². The lowest BCUT2D eigenvalue weighted by atomic mass is 10.0. The molecule has 1 rings (SSSR count). The molecule has 13 heavy (non-hydrogen) atoms. The van der Waals surface area contributed by atoms with Gasteiger partial charge < -0.3 is 10.1 Å². The molecule has 0 saturated carbocycles. The average molecular weight is 188 g/mol. The predicted octanol–water partition coefficient (Wildman–Crippen LogP) is -0.567. The third-order valence-corrected chi connectivity index (χ3v) is 1.88. The summed E-state index contributed by atoms with van der Waals surface area (Å²) in [4.78, 5) is 15.7. The molecule has 1 heterocycles. The Morgan fingerprint density at radius 3 is 2.77 bits per heavy atom. The summed E-state index contributed by atoms with van der Waals surface area (Å²) in [6.07, 6.45) is 0. The average Bonchev–Trinajstić information content (AvgIpc) is 2.08. The molecule has 0 spiro atoms. The van der Waals surface area contributed by atoms with Crippen molar-refractivity contribution in [3.63, 3.8) is 0 Å². The van der Waals surface area contributed by atoms with E-state index in [2.05, 4.69) is 10.8 Å². The summed E-state index contributed by atoms with van der Waals surface area (Å²) in [6, 6.07) is 0. The molecular formula is C8H16N2O3. The summed E-state index contributed by atoms with van der Waals surface area (Å²) < 4.78 is 5.37. The largest absolute Gasteiger partial charge is 0.363 e. The zero-order valence-corrected chi connectivity index (χ0v) is 8.05. The van der Waals surface area contributed by atoms with E-state index in [1.807, 2.05) is 6.92 Å². The number of carbonyl (C=O) groups is 1. The highest BCUT2D eigenvalue weighted by atomic mass is 16.7. The van der Waals surface area contributed by atoms with Gasteiger partial charge in [-0.25, -0.2) is 5.48 Å². The molecule has 0 bridgehead atoms. The maximum Gasteiger partial charge on any atom is 0.269 e. The minimum Gasteiger partial charge on any atom is -0.363 e. The van der Waals surface area contributed by atoms with Crippen molar-refractivity contribution in [3.05, 3.63) is 0 Å². The molecule has 0 aliphatic carbocycles. The second kappa shape index (κ2) is 4.55. The lowest BCUT2D eigenvalue weighted by Gasteiger charge is -2.38. The van der Waals surface area contributed by atoms with Gasteiger partial charge >= 0.3 is 0 Å². The van der Waals surface area contributed by atoms with Crippen molar-refractivity contribution in [2.24, 2.45) is 0 Å². The van der Waals surface area contributed by atoms with Gasteiger partial charge in [0.15, 0.2) is 0 Å². The second-order valence-corrected chi connectivity index (χ2v) is 3.30. The zero-order chi connectivity index (χ0) is 9.73. The van der Waals surface area contributed by atoms with Crippen molar-refractivity contribution in [1.29, 1.82) is 0 Å². The van der Waals surface area contributed by atoms with Crippen molar-refractivity contribution in [2.45, 2.75) is 19.4 Å². The SMILES string of the molecule is CCONC(=O)COC1(C)CNC1. The van der Waals surface area contributed by atoms with Gasteiger partial charge in [0.1, 0.15) is 6.61 Å². The molecule has 0 radical (unpaired) electrons. The van der Waals surface area contributed by atoms with Gasteiger partial charge in [-0.2, -0.15) is 0 Å². The van der Waals surface area contributed by atoms with Gasteiger partial charge in [-0.15, -0.1) is 0 Å². The van der Waals surface area contributed by atoms with Crippen LogP contribution >= 0.6 is 0 Å². The van der Waals surface area contributed by atoms with E-state index >= 15 is 0 Å². The van der Waals surface area contributed by atoms with Crippen molar-refractivity contribution < 1.29 is 14.4 Å². The van der Waals surface area contributed by atoms with E-state index in [1.54, 1.807) is 6.92 Å². The lowest BCUT2D eigenvalue weighted by molar-refractivity contribution is -0.147. The third kappa shape index (κ3) is 3.30. The maximum atomic E-state index is 11.0. The Morgan fingerprint density at radius 2 is 2.31 bits per heavy atom. The lowest BCUT2D eigenvalue weighted by Crippen LogP contribution is -2.59. The summed E-state index contributed by atoms with van der Waals surface area (Å²) in [5, 5.41) is 3.08. The number of carbonyl (C=O) groups excluding carboxylic acids is 1. The van der Waals surface area contributed by atoms with Crippen molar-refractivity contribution in [2.75, 3.05) is 26.3 Å². The Balaban J connectivity index is 2.07. The summed E-state index contributed by atoms with van der Waals surface area (Å²) >= 11 is 0. The van der Waals surface area contributed by atoms with E-state index in [0.29, 0.717) is 6.61 Å². The smallest absolute Gasteiger partial charge is 0.269 e. The van der Waals surface area contributed by atoms with E-state index in [-0.39, 0.29) is 18.1 Å². The molecule has 0 atom stereocenters. The molecule has 1 amide bonds. The molecule has 1 fully saturated rings. The first-order valence-corrected chi connectivity index (χ1v) is 4.41. The Bertz CT molecular complexity index is 180. The number of rotatable bonds is 5. The van der Waals surface area contributed by atoms with E-state index in [9.17, 15) is 4.79 Å². The zero-order valence-electron chi connectivity index (χ0n) is 8.05. The van der Waals surface area contributed by atoms with Crippen LogP contribution in [-0.2, 0) is 14.4 Å². The highest BCUT2D eigenvalue weighted by Crippen LogP contribution is 2.14. The highest BCUT2D eigenvalue weighted by Gasteiger charge is 2.32. The molecule has 0 aromatic heterocycles. The fraction of sp³-hybridized carbons (Fsp3) is 0.875. The molecule has 5 nitrogen and oxygen atoms in total. The summed E-state index contributed by atoms with van der Waals surface area (Å²) in [5.41, 5.74) is 2.09. The van der Waals surface area contributed by atoms with Gasteiger partial charge in [-0.1, -0.05) is 0 Å². The maximum absolute atomic E-state index is 11.0. The Labute approximate surface area is 77.7 Å². The number of hydroxylamine groups is 1. The standard InChI is InChI=1S/C8H16N2O3/c1-3-13-10-7(11)4-12-8(2)5-9-6-8/h9H,3-6H2,1-2H3,(H,10,11). The van der Waals surface area contributed by atoms with E-state index < -0.39 is 0 Å². The van der Waals surface area contributed by atoms with Gasteiger partial charge in [-0.05, 0) is 13.8 Å².